The van der Waals surface area contributed by atoms with Gasteiger partial charge in [0, 0.05) is 67.8 Å². The SMILES string of the molecule is C[C@@H](c1nc(-c2ccc(C#N)cc2)cs1)[C@@](Cn1cncn1)(OCOC(=O)c1ccc(CN2CCN(CCO)CC2)cc1)c1ccc(F)cc1F. The Hall–Kier alpha value is -4.91. The molecule has 6 rings (SSSR count). The van der Waals surface area contributed by atoms with Crippen LogP contribution in [-0.2, 0) is 28.2 Å². The van der Waals surface area contributed by atoms with Gasteiger partial charge >= 0.3 is 5.97 Å². The van der Waals surface area contributed by atoms with Gasteiger partial charge in [0.25, 0.3) is 0 Å². The van der Waals surface area contributed by atoms with Crippen LogP contribution in [0.15, 0.2) is 84.8 Å². The molecule has 0 aliphatic carbocycles. The number of halogens is 2. The van der Waals surface area contributed by atoms with Crippen molar-refractivity contribution in [2.24, 2.45) is 0 Å². The lowest BCUT2D eigenvalue weighted by atomic mass is 9.81. The second kappa shape index (κ2) is 16.4. The number of β-amino-alcohol motifs (C(OH)–C–C–N with tert-alkyl or cyclic N) is 1. The van der Waals surface area contributed by atoms with Crippen LogP contribution >= 0.6 is 11.3 Å². The largest absolute Gasteiger partial charge is 0.435 e. The summed E-state index contributed by atoms with van der Waals surface area (Å²) in [6.07, 6.45) is 2.79. The van der Waals surface area contributed by atoms with Gasteiger partial charge in [-0.2, -0.15) is 10.4 Å². The number of rotatable bonds is 14. The molecule has 3 aromatic carbocycles. The molecule has 1 aliphatic heterocycles. The second-order valence-corrected chi connectivity index (χ2v) is 13.2. The molecule has 0 amide bonds. The molecule has 0 radical (unpaired) electrons. The predicted octanol–water partition coefficient (Wildman–Crippen LogP) is 5.19. The van der Waals surface area contributed by atoms with Gasteiger partial charge < -0.3 is 14.6 Å². The Morgan fingerprint density at radius 2 is 1.80 bits per heavy atom. The van der Waals surface area contributed by atoms with E-state index in [-0.39, 0.29) is 18.7 Å². The first-order valence-corrected chi connectivity index (χ1v) is 17.4. The van der Waals surface area contributed by atoms with Crippen molar-refractivity contribution in [1.82, 2.24) is 29.5 Å². The van der Waals surface area contributed by atoms with Crippen molar-refractivity contribution in [3.63, 3.8) is 0 Å². The Balaban J connectivity index is 1.22. The smallest absolute Gasteiger partial charge is 0.340 e. The average Bonchev–Trinajstić information content (AvgIpc) is 3.85. The zero-order chi connectivity index (χ0) is 35.8. The van der Waals surface area contributed by atoms with Crippen LogP contribution in [0.25, 0.3) is 11.3 Å². The highest BCUT2D eigenvalue weighted by molar-refractivity contribution is 7.10. The number of nitriles is 1. The summed E-state index contributed by atoms with van der Waals surface area (Å²) in [5, 5.41) is 25.0. The molecule has 2 aromatic heterocycles. The molecule has 1 saturated heterocycles. The fourth-order valence-corrected chi connectivity index (χ4v) is 7.18. The lowest BCUT2D eigenvalue weighted by molar-refractivity contribution is -0.148. The first-order chi connectivity index (χ1) is 24.8. The predicted molar refractivity (Wildman–Crippen MR) is 185 cm³/mol. The van der Waals surface area contributed by atoms with Crippen molar-refractivity contribution in [3.05, 3.63) is 124 Å². The van der Waals surface area contributed by atoms with Gasteiger partial charge in [-0.15, -0.1) is 11.3 Å². The van der Waals surface area contributed by atoms with E-state index >= 15 is 4.39 Å². The van der Waals surface area contributed by atoms with Gasteiger partial charge in [0.2, 0.25) is 0 Å². The number of nitrogens with zero attached hydrogens (tertiary/aromatic N) is 7. The van der Waals surface area contributed by atoms with Crippen molar-refractivity contribution >= 4 is 17.3 Å². The Bertz CT molecular complexity index is 1940. The lowest BCUT2D eigenvalue weighted by Crippen LogP contribution is -2.46. The highest BCUT2D eigenvalue weighted by atomic mass is 32.1. The number of ether oxygens (including phenoxy) is 2. The summed E-state index contributed by atoms with van der Waals surface area (Å²) in [6.45, 7) is 6.33. The zero-order valence-electron chi connectivity index (χ0n) is 28.0. The molecule has 0 unspecified atom stereocenters. The van der Waals surface area contributed by atoms with Gasteiger partial charge in [-0.3, -0.25) is 9.80 Å². The Labute approximate surface area is 298 Å². The summed E-state index contributed by atoms with van der Waals surface area (Å²) in [7, 11) is 0. The number of aromatic nitrogens is 4. The van der Waals surface area contributed by atoms with Gasteiger partial charge in [0.15, 0.2) is 6.79 Å². The minimum atomic E-state index is -1.59. The number of esters is 1. The highest BCUT2D eigenvalue weighted by Gasteiger charge is 2.45. The molecule has 264 valence electrons. The van der Waals surface area contributed by atoms with E-state index in [9.17, 15) is 19.6 Å². The van der Waals surface area contributed by atoms with Gasteiger partial charge in [-0.25, -0.2) is 28.2 Å². The maximum absolute atomic E-state index is 15.8. The van der Waals surface area contributed by atoms with Gasteiger partial charge in [-0.1, -0.05) is 37.3 Å². The first-order valence-electron chi connectivity index (χ1n) is 16.5. The van der Waals surface area contributed by atoms with Crippen LogP contribution in [0.3, 0.4) is 0 Å². The minimum absolute atomic E-state index is 0.0274. The molecule has 14 heteroatoms. The number of carbonyl (C=O) groups excluding carboxylic acids is 1. The van der Waals surface area contributed by atoms with Crippen molar-refractivity contribution in [2.75, 3.05) is 46.1 Å². The summed E-state index contributed by atoms with van der Waals surface area (Å²) in [5.74, 6) is -2.89. The molecule has 0 spiro atoms. The summed E-state index contributed by atoms with van der Waals surface area (Å²) in [6, 6.07) is 19.5. The fraction of sp³-hybridized carbons (Fsp3) is 0.324. The Kier molecular flexibility index (Phi) is 11.5. The Morgan fingerprint density at radius 3 is 2.47 bits per heavy atom. The molecular formula is C37H37F2N7O4S. The molecule has 2 atom stereocenters. The van der Waals surface area contributed by atoms with Gasteiger partial charge in [0.1, 0.15) is 29.9 Å². The molecule has 1 N–H and O–H groups in total. The summed E-state index contributed by atoms with van der Waals surface area (Å²) >= 11 is 1.34. The van der Waals surface area contributed by atoms with Crippen LogP contribution < -0.4 is 0 Å². The molecule has 1 aliphatic rings. The molecule has 1 fully saturated rings. The number of carbonyl (C=O) groups is 1. The number of aliphatic hydroxyl groups excluding tert-OH is 1. The molecule has 3 heterocycles. The quantitative estimate of drug-likeness (QED) is 0.121. The molecule has 0 bridgehead atoms. The van der Waals surface area contributed by atoms with Crippen LogP contribution in [0.2, 0.25) is 0 Å². The summed E-state index contributed by atoms with van der Waals surface area (Å²) < 4.78 is 43.5. The van der Waals surface area contributed by atoms with E-state index in [0.717, 1.165) is 56.0 Å². The van der Waals surface area contributed by atoms with Crippen molar-refractivity contribution in [2.45, 2.75) is 31.5 Å². The number of thiazole rings is 1. The van der Waals surface area contributed by atoms with Gasteiger partial charge in [-0.05, 0) is 35.9 Å². The number of aliphatic hydroxyl groups is 1. The van der Waals surface area contributed by atoms with E-state index < -0.39 is 35.9 Å². The molecular weight excluding hydrogens is 677 g/mol. The van der Waals surface area contributed by atoms with E-state index in [4.69, 9.17) is 14.5 Å². The molecule has 11 nitrogen and oxygen atoms in total. The highest BCUT2D eigenvalue weighted by Crippen LogP contribution is 2.44. The first kappa shape index (κ1) is 35.9. The van der Waals surface area contributed by atoms with Crippen molar-refractivity contribution in [3.8, 4) is 17.3 Å². The van der Waals surface area contributed by atoms with Crippen molar-refractivity contribution in [1.29, 1.82) is 5.26 Å². The van der Waals surface area contributed by atoms with Gasteiger partial charge in [0.05, 0.1) is 41.0 Å². The third-order valence-corrected chi connectivity index (χ3v) is 10.2. The number of hydrogen-bond acceptors (Lipinski definition) is 11. The van der Waals surface area contributed by atoms with Crippen LogP contribution in [0, 0.1) is 23.0 Å². The number of benzene rings is 3. The monoisotopic (exact) mass is 713 g/mol. The third-order valence-electron chi connectivity index (χ3n) is 9.14. The topological polar surface area (TPSA) is 130 Å². The average molecular weight is 714 g/mol. The lowest BCUT2D eigenvalue weighted by Gasteiger charge is -2.38. The number of hydrogen-bond donors (Lipinski definition) is 1. The maximum Gasteiger partial charge on any atom is 0.340 e. The van der Waals surface area contributed by atoms with Crippen LogP contribution in [0.4, 0.5) is 8.78 Å². The fourth-order valence-electron chi connectivity index (χ4n) is 6.21. The zero-order valence-corrected chi connectivity index (χ0v) is 28.8. The van der Waals surface area contributed by atoms with E-state index in [1.807, 2.05) is 24.4 Å². The molecule has 0 saturated carbocycles. The third kappa shape index (κ3) is 8.53. The maximum atomic E-state index is 15.8. The van der Waals surface area contributed by atoms with E-state index in [0.29, 0.717) is 28.4 Å². The summed E-state index contributed by atoms with van der Waals surface area (Å²) in [5.41, 5.74) is 1.78. The van der Waals surface area contributed by atoms with E-state index in [1.54, 1.807) is 36.4 Å². The van der Waals surface area contributed by atoms with Crippen molar-refractivity contribution < 1.29 is 28.2 Å². The van der Waals surface area contributed by atoms with E-state index in [1.165, 1.54) is 34.7 Å². The minimum Gasteiger partial charge on any atom is -0.435 e. The van der Waals surface area contributed by atoms with Crippen LogP contribution in [0.5, 0.6) is 0 Å². The van der Waals surface area contributed by atoms with Crippen LogP contribution in [-0.4, -0.2) is 86.7 Å². The second-order valence-electron chi connectivity index (χ2n) is 12.3. The normalized spacial score (nSPS) is 15.6. The molecule has 51 heavy (non-hydrogen) atoms. The Morgan fingerprint density at radius 1 is 1.06 bits per heavy atom. The number of piperazine rings is 1. The van der Waals surface area contributed by atoms with E-state index in [2.05, 4.69) is 26.0 Å². The van der Waals surface area contributed by atoms with Crippen LogP contribution in [0.1, 0.15) is 44.9 Å². The molecule has 5 aromatic rings. The standard InChI is InChI=1S/C37H37F2N7O4S/c1-26(35-43-34(21-51-35)29-6-2-27(19-40)3-7-29)37(22-46-24-41-23-42-46,32-11-10-31(38)18-33(32)39)50-25-49-36(48)30-8-4-28(5-9-30)20-45-14-12-44(13-15-45)16-17-47/h2-11,18,21,23-24,26,47H,12-17,20,22,25H2,1H3/t26-,37+/m0/s1. The summed E-state index contributed by atoms with van der Waals surface area (Å²) in [4.78, 5) is 26.7.